The molecule has 0 aromatic carbocycles. The van der Waals surface area contributed by atoms with Crippen LogP contribution in [0.25, 0.3) is 0 Å². The van der Waals surface area contributed by atoms with Crippen LogP contribution in [0.3, 0.4) is 0 Å². The van der Waals surface area contributed by atoms with Gasteiger partial charge in [0.15, 0.2) is 0 Å². The molecule has 1 aromatic rings. The van der Waals surface area contributed by atoms with E-state index in [1.807, 2.05) is 4.68 Å². The minimum atomic E-state index is -0.0362. The third kappa shape index (κ3) is 3.15. The lowest BCUT2D eigenvalue weighted by Gasteiger charge is -2.16. The maximum absolute atomic E-state index is 12.3. The molecule has 5 heteroatoms. The highest BCUT2D eigenvalue weighted by atomic mass is 16.3. The highest BCUT2D eigenvalue weighted by Gasteiger charge is 2.33. The number of nitrogens with zero attached hydrogens (tertiary/aromatic N) is 3. The summed E-state index contributed by atoms with van der Waals surface area (Å²) in [6.45, 7) is 5.50. The first-order chi connectivity index (χ1) is 9.04. The first-order valence-electron chi connectivity index (χ1n) is 6.96. The van der Waals surface area contributed by atoms with Crippen LogP contribution in [0.2, 0.25) is 0 Å². The van der Waals surface area contributed by atoms with Crippen molar-refractivity contribution in [3.8, 4) is 0 Å². The van der Waals surface area contributed by atoms with E-state index in [9.17, 15) is 4.79 Å². The molecular weight excluding hydrogens is 242 g/mol. The number of hydrogen-bond donors (Lipinski definition) is 1. The molecule has 0 bridgehead atoms. The number of carbonyl (C=O) groups is 1. The zero-order valence-corrected chi connectivity index (χ0v) is 12.0. The maximum atomic E-state index is 12.3. The van der Waals surface area contributed by atoms with Crippen molar-refractivity contribution in [1.82, 2.24) is 14.7 Å². The summed E-state index contributed by atoms with van der Waals surface area (Å²) in [5, 5.41) is 13.3. The van der Waals surface area contributed by atoms with Gasteiger partial charge in [-0.3, -0.25) is 9.48 Å². The maximum Gasteiger partial charge on any atom is 0.257 e. The van der Waals surface area contributed by atoms with Gasteiger partial charge < -0.3 is 10.0 Å². The van der Waals surface area contributed by atoms with Gasteiger partial charge in [-0.15, -0.1) is 0 Å². The van der Waals surface area contributed by atoms with Crippen molar-refractivity contribution >= 4 is 5.91 Å². The Morgan fingerprint density at radius 2 is 2.26 bits per heavy atom. The molecule has 0 atom stereocenters. The van der Waals surface area contributed by atoms with Gasteiger partial charge in [0.25, 0.3) is 5.91 Å². The van der Waals surface area contributed by atoms with E-state index < -0.39 is 0 Å². The summed E-state index contributed by atoms with van der Waals surface area (Å²) in [5.41, 5.74) is 1.79. The molecule has 0 aliphatic heterocycles. The molecule has 1 heterocycles. The quantitative estimate of drug-likeness (QED) is 0.847. The van der Waals surface area contributed by atoms with Gasteiger partial charge >= 0.3 is 0 Å². The zero-order valence-electron chi connectivity index (χ0n) is 12.0. The Labute approximate surface area is 114 Å². The van der Waals surface area contributed by atoms with Crippen molar-refractivity contribution in [3.05, 3.63) is 17.5 Å². The number of aromatic nitrogens is 2. The van der Waals surface area contributed by atoms with Crippen LogP contribution in [0, 0.1) is 5.92 Å². The molecule has 1 aliphatic rings. The van der Waals surface area contributed by atoms with Gasteiger partial charge in [0.2, 0.25) is 0 Å². The van der Waals surface area contributed by atoms with Gasteiger partial charge in [0.1, 0.15) is 0 Å². The van der Waals surface area contributed by atoms with Gasteiger partial charge in [-0.05, 0) is 18.8 Å². The second-order valence-corrected chi connectivity index (χ2v) is 5.74. The fourth-order valence-corrected chi connectivity index (χ4v) is 2.30. The average Bonchev–Trinajstić information content (AvgIpc) is 3.10. The summed E-state index contributed by atoms with van der Waals surface area (Å²) in [7, 11) is 1.72. The molecule has 1 aromatic heterocycles. The molecule has 5 nitrogen and oxygen atoms in total. The van der Waals surface area contributed by atoms with Crippen molar-refractivity contribution in [2.24, 2.45) is 5.92 Å². The molecule has 0 saturated heterocycles. The van der Waals surface area contributed by atoms with Crippen LogP contribution in [0.1, 0.15) is 48.7 Å². The summed E-state index contributed by atoms with van der Waals surface area (Å²) in [5.74, 6) is 0.962. The Hall–Kier alpha value is -1.36. The minimum Gasteiger partial charge on any atom is -0.395 e. The third-order valence-electron chi connectivity index (χ3n) is 3.39. The lowest BCUT2D eigenvalue weighted by molar-refractivity contribution is 0.0765. The van der Waals surface area contributed by atoms with E-state index in [1.165, 1.54) is 0 Å². The SMILES string of the molecule is CC(C)Cn1ncc(C(=O)N(C)CCO)c1C1CC1. The van der Waals surface area contributed by atoms with Crippen LogP contribution >= 0.6 is 0 Å². The molecule has 0 radical (unpaired) electrons. The normalized spacial score (nSPS) is 15.0. The van der Waals surface area contributed by atoms with Crippen LogP contribution in [0.5, 0.6) is 0 Å². The van der Waals surface area contributed by atoms with E-state index in [1.54, 1.807) is 18.1 Å². The van der Waals surface area contributed by atoms with Crippen molar-refractivity contribution in [2.75, 3.05) is 20.2 Å². The van der Waals surface area contributed by atoms with Crippen LogP contribution in [0.15, 0.2) is 6.20 Å². The summed E-state index contributed by atoms with van der Waals surface area (Å²) in [4.78, 5) is 13.9. The topological polar surface area (TPSA) is 58.4 Å². The van der Waals surface area contributed by atoms with E-state index in [-0.39, 0.29) is 12.5 Å². The average molecular weight is 265 g/mol. The molecule has 19 heavy (non-hydrogen) atoms. The molecule has 1 aliphatic carbocycles. The van der Waals surface area contributed by atoms with Gasteiger partial charge in [-0.1, -0.05) is 13.8 Å². The lowest BCUT2D eigenvalue weighted by atomic mass is 10.1. The number of rotatable bonds is 6. The Balaban J connectivity index is 2.25. The Bertz CT molecular complexity index is 450. The summed E-state index contributed by atoms with van der Waals surface area (Å²) >= 11 is 0. The smallest absolute Gasteiger partial charge is 0.257 e. The van der Waals surface area contributed by atoms with E-state index in [2.05, 4.69) is 18.9 Å². The second-order valence-electron chi connectivity index (χ2n) is 5.74. The highest BCUT2D eigenvalue weighted by molar-refractivity contribution is 5.95. The molecule has 1 N–H and O–H groups in total. The van der Waals surface area contributed by atoms with Crippen molar-refractivity contribution in [1.29, 1.82) is 0 Å². The predicted octanol–water partition coefficient (Wildman–Crippen LogP) is 1.48. The molecule has 2 rings (SSSR count). The molecule has 1 fully saturated rings. The predicted molar refractivity (Wildman–Crippen MR) is 73.1 cm³/mol. The van der Waals surface area contributed by atoms with Crippen molar-refractivity contribution in [2.45, 2.75) is 39.2 Å². The summed E-state index contributed by atoms with van der Waals surface area (Å²) in [6, 6.07) is 0. The third-order valence-corrected chi connectivity index (χ3v) is 3.39. The Morgan fingerprint density at radius 3 is 2.79 bits per heavy atom. The monoisotopic (exact) mass is 265 g/mol. The first kappa shape index (κ1) is 14.1. The van der Waals surface area contributed by atoms with Crippen LogP contribution in [-0.2, 0) is 6.54 Å². The van der Waals surface area contributed by atoms with Crippen molar-refractivity contribution < 1.29 is 9.90 Å². The molecule has 0 unspecified atom stereocenters. The number of aliphatic hydroxyl groups excluding tert-OH is 1. The Kier molecular flexibility index (Phi) is 4.24. The standard InChI is InChI=1S/C14H23N3O2/c1-10(2)9-17-13(11-4-5-11)12(8-15-17)14(19)16(3)6-7-18/h8,10-11,18H,4-7,9H2,1-3H3. The van der Waals surface area contributed by atoms with Gasteiger partial charge in [-0.2, -0.15) is 5.10 Å². The van der Waals surface area contributed by atoms with E-state index in [0.717, 1.165) is 25.1 Å². The second kappa shape index (κ2) is 5.74. The number of likely N-dealkylation sites (N-methyl/N-ethyl adjacent to an activating group) is 1. The lowest BCUT2D eigenvalue weighted by Crippen LogP contribution is -2.30. The Morgan fingerprint density at radius 1 is 1.58 bits per heavy atom. The molecular formula is C14H23N3O2. The van der Waals surface area contributed by atoms with E-state index >= 15 is 0 Å². The largest absolute Gasteiger partial charge is 0.395 e. The number of hydrogen-bond acceptors (Lipinski definition) is 3. The van der Waals surface area contributed by atoms with Gasteiger partial charge in [-0.25, -0.2) is 0 Å². The minimum absolute atomic E-state index is 0.0128. The van der Waals surface area contributed by atoms with Crippen molar-refractivity contribution in [3.63, 3.8) is 0 Å². The molecule has 0 spiro atoms. The first-order valence-corrected chi connectivity index (χ1v) is 6.96. The van der Waals surface area contributed by atoms with Crippen LogP contribution < -0.4 is 0 Å². The highest BCUT2D eigenvalue weighted by Crippen LogP contribution is 2.42. The summed E-state index contributed by atoms with van der Waals surface area (Å²) in [6.07, 6.45) is 3.98. The fraction of sp³-hybridized carbons (Fsp3) is 0.714. The molecule has 1 saturated carbocycles. The van der Waals surface area contributed by atoms with Crippen LogP contribution in [-0.4, -0.2) is 45.9 Å². The van der Waals surface area contributed by atoms with Gasteiger partial charge in [0, 0.05) is 26.1 Å². The number of carbonyl (C=O) groups excluding carboxylic acids is 1. The summed E-state index contributed by atoms with van der Waals surface area (Å²) < 4.78 is 1.99. The molecule has 106 valence electrons. The number of aliphatic hydroxyl groups is 1. The zero-order chi connectivity index (χ0) is 14.0. The van der Waals surface area contributed by atoms with Gasteiger partial charge in [0.05, 0.1) is 24.1 Å². The van der Waals surface area contributed by atoms with Crippen LogP contribution in [0.4, 0.5) is 0 Å². The van der Waals surface area contributed by atoms with E-state index in [4.69, 9.17) is 5.11 Å². The van der Waals surface area contributed by atoms with E-state index in [0.29, 0.717) is 23.9 Å². The number of amides is 1. The molecule has 1 amide bonds. The fourth-order valence-electron chi connectivity index (χ4n) is 2.30.